The predicted molar refractivity (Wildman–Crippen MR) is 99.2 cm³/mol. The van der Waals surface area contributed by atoms with E-state index in [1.54, 1.807) is 14.2 Å². The van der Waals surface area contributed by atoms with E-state index in [9.17, 15) is 5.11 Å². The van der Waals surface area contributed by atoms with Crippen LogP contribution in [0.15, 0.2) is 65.7 Å². The standard InChI is InChI=1S/C22H26O3/c1-16-14-15-21(23,17(16)2)19-12-8-9-13-20(19)22(24-3,25-4)18-10-6-5-7-11-18/h5-13,23H,14-15H2,1-4H3. The maximum Gasteiger partial charge on any atom is 0.222 e. The summed E-state index contributed by atoms with van der Waals surface area (Å²) < 4.78 is 11.8. The molecule has 132 valence electrons. The van der Waals surface area contributed by atoms with Crippen LogP contribution in [0.1, 0.15) is 43.4 Å². The molecule has 0 radical (unpaired) electrons. The molecule has 3 rings (SSSR count). The second-order valence-electron chi connectivity index (χ2n) is 6.70. The van der Waals surface area contributed by atoms with Crippen LogP contribution in [0.25, 0.3) is 0 Å². The number of allylic oxidation sites excluding steroid dienone is 1. The average molecular weight is 338 g/mol. The molecule has 2 aromatic carbocycles. The first-order valence-corrected chi connectivity index (χ1v) is 8.64. The van der Waals surface area contributed by atoms with Gasteiger partial charge in [0.1, 0.15) is 5.60 Å². The Morgan fingerprint density at radius 3 is 2.08 bits per heavy atom. The summed E-state index contributed by atoms with van der Waals surface area (Å²) in [5, 5.41) is 11.5. The summed E-state index contributed by atoms with van der Waals surface area (Å²) in [7, 11) is 3.28. The first kappa shape index (κ1) is 17.9. The minimum absolute atomic E-state index is 0.681. The van der Waals surface area contributed by atoms with Crippen molar-refractivity contribution in [3.05, 3.63) is 82.4 Å². The highest BCUT2D eigenvalue weighted by molar-refractivity contribution is 5.47. The van der Waals surface area contributed by atoms with Gasteiger partial charge in [0.25, 0.3) is 0 Å². The highest BCUT2D eigenvalue weighted by Gasteiger charge is 2.44. The Balaban J connectivity index is 2.24. The molecule has 1 aliphatic rings. The van der Waals surface area contributed by atoms with Gasteiger partial charge in [0.2, 0.25) is 5.79 Å². The second-order valence-corrected chi connectivity index (χ2v) is 6.70. The number of aliphatic hydroxyl groups is 1. The lowest BCUT2D eigenvalue weighted by atomic mass is 9.81. The van der Waals surface area contributed by atoms with Crippen LogP contribution >= 0.6 is 0 Å². The van der Waals surface area contributed by atoms with Crippen molar-refractivity contribution in [1.29, 1.82) is 0 Å². The molecular formula is C22H26O3. The Bertz CT molecular complexity index is 775. The molecule has 1 aliphatic carbocycles. The molecule has 0 saturated heterocycles. The fourth-order valence-electron chi connectivity index (χ4n) is 3.92. The van der Waals surface area contributed by atoms with Gasteiger partial charge < -0.3 is 14.6 Å². The molecule has 0 fully saturated rings. The molecule has 0 heterocycles. The van der Waals surface area contributed by atoms with Crippen LogP contribution in [-0.2, 0) is 20.9 Å². The molecule has 0 amide bonds. The van der Waals surface area contributed by atoms with Crippen LogP contribution in [0.4, 0.5) is 0 Å². The molecule has 25 heavy (non-hydrogen) atoms. The number of ether oxygens (including phenoxy) is 2. The van der Waals surface area contributed by atoms with E-state index in [-0.39, 0.29) is 0 Å². The summed E-state index contributed by atoms with van der Waals surface area (Å²) in [5.74, 6) is -1.07. The highest BCUT2D eigenvalue weighted by Crippen LogP contribution is 2.47. The second kappa shape index (κ2) is 6.75. The summed E-state index contributed by atoms with van der Waals surface area (Å²) >= 11 is 0. The van der Waals surface area contributed by atoms with Crippen molar-refractivity contribution >= 4 is 0 Å². The smallest absolute Gasteiger partial charge is 0.222 e. The van der Waals surface area contributed by atoms with Gasteiger partial charge in [-0.25, -0.2) is 0 Å². The zero-order valence-electron chi connectivity index (χ0n) is 15.4. The Hall–Kier alpha value is -1.94. The van der Waals surface area contributed by atoms with E-state index in [1.165, 1.54) is 5.57 Å². The van der Waals surface area contributed by atoms with E-state index in [0.29, 0.717) is 6.42 Å². The molecule has 0 aromatic heterocycles. The first-order valence-electron chi connectivity index (χ1n) is 8.64. The van der Waals surface area contributed by atoms with Crippen molar-refractivity contribution in [3.8, 4) is 0 Å². The molecule has 0 aliphatic heterocycles. The van der Waals surface area contributed by atoms with Crippen LogP contribution in [0.5, 0.6) is 0 Å². The summed E-state index contributed by atoms with van der Waals surface area (Å²) in [6, 6.07) is 17.7. The summed E-state index contributed by atoms with van der Waals surface area (Å²) in [4.78, 5) is 0. The maximum atomic E-state index is 11.5. The van der Waals surface area contributed by atoms with Crippen LogP contribution in [0.2, 0.25) is 0 Å². The average Bonchev–Trinajstić information content (AvgIpc) is 2.93. The maximum absolute atomic E-state index is 11.5. The largest absolute Gasteiger partial charge is 0.381 e. The Morgan fingerprint density at radius 2 is 1.52 bits per heavy atom. The van der Waals surface area contributed by atoms with E-state index in [0.717, 1.165) is 28.7 Å². The van der Waals surface area contributed by atoms with Crippen LogP contribution in [0, 0.1) is 0 Å². The van der Waals surface area contributed by atoms with Gasteiger partial charge in [0.05, 0.1) is 0 Å². The normalized spacial score (nSPS) is 21.0. The van der Waals surface area contributed by atoms with E-state index < -0.39 is 11.4 Å². The van der Waals surface area contributed by atoms with Crippen LogP contribution in [-0.4, -0.2) is 19.3 Å². The highest BCUT2D eigenvalue weighted by atomic mass is 16.7. The zero-order chi connectivity index (χ0) is 18.1. The number of hydrogen-bond donors (Lipinski definition) is 1. The fraction of sp³-hybridized carbons (Fsp3) is 0.364. The van der Waals surface area contributed by atoms with Crippen molar-refractivity contribution in [3.63, 3.8) is 0 Å². The summed E-state index contributed by atoms with van der Waals surface area (Å²) in [6.45, 7) is 4.11. The lowest BCUT2D eigenvalue weighted by molar-refractivity contribution is -0.185. The van der Waals surface area contributed by atoms with Gasteiger partial charge in [-0.15, -0.1) is 0 Å². The molecule has 1 unspecified atom stereocenters. The van der Waals surface area contributed by atoms with Gasteiger partial charge in [-0.3, -0.25) is 0 Å². The predicted octanol–water partition coefficient (Wildman–Crippen LogP) is 4.50. The lowest BCUT2D eigenvalue weighted by Gasteiger charge is -2.37. The third kappa shape index (κ3) is 2.73. The summed E-state index contributed by atoms with van der Waals surface area (Å²) in [5.41, 5.74) is 3.86. The minimum Gasteiger partial charge on any atom is -0.381 e. The molecule has 0 bridgehead atoms. The third-order valence-electron chi connectivity index (χ3n) is 5.58. The molecule has 3 nitrogen and oxygen atoms in total. The van der Waals surface area contributed by atoms with Gasteiger partial charge in [-0.05, 0) is 37.8 Å². The zero-order valence-corrected chi connectivity index (χ0v) is 15.4. The van der Waals surface area contributed by atoms with Gasteiger partial charge in [-0.1, -0.05) is 60.2 Å². The Kier molecular flexibility index (Phi) is 4.83. The lowest BCUT2D eigenvalue weighted by Crippen LogP contribution is -2.37. The number of rotatable bonds is 5. The molecule has 0 saturated carbocycles. The van der Waals surface area contributed by atoms with Gasteiger partial charge >= 0.3 is 0 Å². The SMILES string of the molecule is COC(OC)(c1ccccc1)c1ccccc1C1(O)CCC(C)=C1C. The van der Waals surface area contributed by atoms with E-state index in [1.807, 2.05) is 61.5 Å². The number of benzene rings is 2. The fourth-order valence-corrected chi connectivity index (χ4v) is 3.92. The molecule has 1 atom stereocenters. The van der Waals surface area contributed by atoms with Crippen molar-refractivity contribution in [2.45, 2.75) is 38.1 Å². The molecule has 0 spiro atoms. The number of methoxy groups -OCH3 is 2. The van der Waals surface area contributed by atoms with E-state index in [4.69, 9.17) is 9.47 Å². The summed E-state index contributed by atoms with van der Waals surface area (Å²) in [6.07, 6.45) is 1.58. The van der Waals surface area contributed by atoms with Crippen LogP contribution in [0.3, 0.4) is 0 Å². The van der Waals surface area contributed by atoms with Crippen molar-refractivity contribution < 1.29 is 14.6 Å². The van der Waals surface area contributed by atoms with Crippen molar-refractivity contribution in [1.82, 2.24) is 0 Å². The topological polar surface area (TPSA) is 38.7 Å². The van der Waals surface area contributed by atoms with Gasteiger partial charge in [0, 0.05) is 25.3 Å². The van der Waals surface area contributed by atoms with Gasteiger partial charge in [0.15, 0.2) is 0 Å². The van der Waals surface area contributed by atoms with Crippen LogP contribution < -0.4 is 0 Å². The quantitative estimate of drug-likeness (QED) is 0.644. The van der Waals surface area contributed by atoms with Gasteiger partial charge in [-0.2, -0.15) is 0 Å². The first-order chi connectivity index (χ1) is 12.0. The molecule has 2 aromatic rings. The van der Waals surface area contributed by atoms with Crippen molar-refractivity contribution in [2.75, 3.05) is 14.2 Å². The molecular weight excluding hydrogens is 312 g/mol. The molecule has 1 N–H and O–H groups in total. The Labute approximate surface area is 149 Å². The monoisotopic (exact) mass is 338 g/mol. The number of hydrogen-bond acceptors (Lipinski definition) is 3. The third-order valence-corrected chi connectivity index (χ3v) is 5.58. The van der Waals surface area contributed by atoms with E-state index >= 15 is 0 Å². The molecule has 3 heteroatoms. The Morgan fingerprint density at radius 1 is 0.920 bits per heavy atom. The minimum atomic E-state index is -1.07. The van der Waals surface area contributed by atoms with E-state index in [2.05, 4.69) is 6.92 Å². The van der Waals surface area contributed by atoms with Crippen molar-refractivity contribution in [2.24, 2.45) is 0 Å².